The Morgan fingerprint density at radius 2 is 2.03 bits per heavy atom. The topological polar surface area (TPSA) is 114 Å². The summed E-state index contributed by atoms with van der Waals surface area (Å²) >= 11 is 0. The van der Waals surface area contributed by atoms with Gasteiger partial charge >= 0.3 is 5.97 Å². The van der Waals surface area contributed by atoms with Gasteiger partial charge in [0.25, 0.3) is 11.8 Å². The van der Waals surface area contributed by atoms with Gasteiger partial charge in [0.15, 0.2) is 12.7 Å². The number of amides is 3. The average Bonchev–Trinajstić information content (AvgIpc) is 3.16. The minimum atomic E-state index is -1.02. The lowest BCUT2D eigenvalue weighted by atomic mass is 10.1. The highest BCUT2D eigenvalue weighted by Crippen LogP contribution is 2.31. The summed E-state index contributed by atoms with van der Waals surface area (Å²) in [5.41, 5.74) is 2.89. The second kappa shape index (κ2) is 8.47. The van der Waals surface area contributed by atoms with Crippen molar-refractivity contribution in [2.45, 2.75) is 25.9 Å². The first kappa shape index (κ1) is 20.4. The minimum Gasteiger partial charge on any atom is -0.478 e. The summed E-state index contributed by atoms with van der Waals surface area (Å²) in [5, 5.41) is 5.33. The van der Waals surface area contributed by atoms with Gasteiger partial charge in [-0.3, -0.25) is 19.2 Å². The second-order valence-corrected chi connectivity index (χ2v) is 7.27. The molecule has 160 valence electrons. The van der Waals surface area contributed by atoms with Crippen molar-refractivity contribution in [1.82, 2.24) is 0 Å². The number of carbonyl (C=O) groups excluding carboxylic acids is 4. The highest BCUT2D eigenvalue weighted by molar-refractivity contribution is 6.00. The predicted molar refractivity (Wildman–Crippen MR) is 112 cm³/mol. The molecule has 1 atom stereocenters. The maximum atomic E-state index is 12.1. The van der Waals surface area contributed by atoms with Crippen LogP contribution in [0, 0.1) is 0 Å². The molecule has 0 bridgehead atoms. The highest BCUT2D eigenvalue weighted by atomic mass is 16.5. The van der Waals surface area contributed by atoms with Crippen LogP contribution < -0.4 is 20.3 Å². The zero-order valence-electron chi connectivity index (χ0n) is 16.8. The van der Waals surface area contributed by atoms with Crippen LogP contribution in [0.3, 0.4) is 0 Å². The predicted octanol–water partition coefficient (Wildman–Crippen LogP) is 1.87. The van der Waals surface area contributed by atoms with Crippen LogP contribution in [0.25, 0.3) is 0 Å². The quantitative estimate of drug-likeness (QED) is 0.710. The van der Waals surface area contributed by atoms with Crippen molar-refractivity contribution >= 4 is 40.8 Å². The van der Waals surface area contributed by atoms with Gasteiger partial charge < -0.3 is 25.0 Å². The van der Waals surface area contributed by atoms with E-state index in [0.29, 0.717) is 30.1 Å². The largest absolute Gasteiger partial charge is 0.478 e. The Morgan fingerprint density at radius 3 is 2.84 bits per heavy atom. The molecule has 2 aromatic carbocycles. The van der Waals surface area contributed by atoms with Crippen LogP contribution in [0.2, 0.25) is 0 Å². The summed E-state index contributed by atoms with van der Waals surface area (Å²) in [6.07, 6.45) is -0.626. The molecular formula is C22H21N3O6. The molecule has 0 spiro atoms. The van der Waals surface area contributed by atoms with Gasteiger partial charge in [-0.15, -0.1) is 0 Å². The van der Waals surface area contributed by atoms with Gasteiger partial charge in [0.2, 0.25) is 5.91 Å². The minimum absolute atomic E-state index is 0.0263. The van der Waals surface area contributed by atoms with Crippen molar-refractivity contribution in [2.75, 3.05) is 28.7 Å². The first-order valence-corrected chi connectivity index (χ1v) is 9.84. The molecule has 2 N–H and O–H groups in total. The van der Waals surface area contributed by atoms with E-state index in [2.05, 4.69) is 10.6 Å². The van der Waals surface area contributed by atoms with Gasteiger partial charge in [0.1, 0.15) is 5.75 Å². The third kappa shape index (κ3) is 4.50. The zero-order chi connectivity index (χ0) is 22.0. The van der Waals surface area contributed by atoms with Crippen molar-refractivity contribution in [1.29, 1.82) is 0 Å². The smallest absolute Gasteiger partial charge is 0.310 e. The van der Waals surface area contributed by atoms with E-state index in [1.165, 1.54) is 6.92 Å². The number of hydrogen-bond donors (Lipinski definition) is 2. The molecule has 0 aromatic heterocycles. The Hall–Kier alpha value is -3.88. The molecule has 0 saturated heterocycles. The number of anilines is 3. The lowest BCUT2D eigenvalue weighted by molar-refractivity contribution is -0.150. The number of esters is 1. The number of nitrogens with zero attached hydrogens (tertiary/aromatic N) is 1. The van der Waals surface area contributed by atoms with E-state index in [-0.39, 0.29) is 12.3 Å². The molecule has 0 aliphatic carbocycles. The maximum absolute atomic E-state index is 12.1. The van der Waals surface area contributed by atoms with Crippen LogP contribution in [0.5, 0.6) is 5.75 Å². The summed E-state index contributed by atoms with van der Waals surface area (Å²) in [6.45, 7) is 1.64. The number of carbonyl (C=O) groups is 4. The first-order valence-electron chi connectivity index (χ1n) is 9.84. The lowest BCUT2D eigenvalue weighted by Crippen LogP contribution is -2.39. The van der Waals surface area contributed by atoms with Gasteiger partial charge in [0.05, 0.1) is 12.1 Å². The first-order chi connectivity index (χ1) is 14.9. The van der Waals surface area contributed by atoms with Gasteiger partial charge in [-0.25, -0.2) is 0 Å². The summed E-state index contributed by atoms with van der Waals surface area (Å²) < 4.78 is 10.5. The van der Waals surface area contributed by atoms with Crippen molar-refractivity contribution in [2.24, 2.45) is 0 Å². The number of hydrogen-bond acceptors (Lipinski definition) is 6. The Labute approximate surface area is 178 Å². The summed E-state index contributed by atoms with van der Waals surface area (Å²) in [6, 6.07) is 12.2. The third-order valence-electron chi connectivity index (χ3n) is 5.06. The van der Waals surface area contributed by atoms with Gasteiger partial charge in [-0.1, -0.05) is 12.1 Å². The number of nitrogens with one attached hydrogen (secondary N) is 2. The summed E-state index contributed by atoms with van der Waals surface area (Å²) in [5.74, 6) is -1.23. The number of ether oxygens (including phenoxy) is 2. The molecule has 0 radical (unpaired) electrons. The van der Waals surface area contributed by atoms with Crippen molar-refractivity contribution in [3.8, 4) is 5.75 Å². The lowest BCUT2D eigenvalue weighted by Gasteiger charge is -2.25. The highest BCUT2D eigenvalue weighted by Gasteiger charge is 2.30. The Morgan fingerprint density at radius 1 is 1.23 bits per heavy atom. The Bertz CT molecular complexity index is 1070. The van der Waals surface area contributed by atoms with E-state index in [1.54, 1.807) is 47.4 Å². The molecule has 4 rings (SSSR count). The van der Waals surface area contributed by atoms with E-state index >= 15 is 0 Å². The monoisotopic (exact) mass is 423 g/mol. The third-order valence-corrected chi connectivity index (χ3v) is 5.06. The van der Waals surface area contributed by atoms with E-state index in [9.17, 15) is 19.2 Å². The van der Waals surface area contributed by atoms with Gasteiger partial charge in [0, 0.05) is 24.8 Å². The van der Waals surface area contributed by atoms with Crippen molar-refractivity contribution in [3.05, 3.63) is 48.0 Å². The molecule has 9 heteroatoms. The average molecular weight is 423 g/mol. The summed E-state index contributed by atoms with van der Waals surface area (Å²) in [7, 11) is 0. The molecule has 2 heterocycles. The molecule has 2 aromatic rings. The van der Waals surface area contributed by atoms with Crippen LogP contribution in [0.1, 0.15) is 18.9 Å². The molecule has 3 amide bonds. The standard InChI is InChI=1S/C22H21N3O6/c1-13(26)25-9-8-14-10-15(6-7-17(14)25)23-20(27)12-30-21(28)11-19-22(29)24-16-4-2-3-5-18(16)31-19/h2-7,10,19H,8-9,11-12H2,1H3,(H,23,27)(H,24,29). The van der Waals surface area contributed by atoms with E-state index in [4.69, 9.17) is 9.47 Å². The molecule has 2 aliphatic rings. The van der Waals surface area contributed by atoms with Crippen LogP contribution in [-0.2, 0) is 30.3 Å². The van der Waals surface area contributed by atoms with Crippen LogP contribution in [-0.4, -0.2) is 42.9 Å². The molecule has 0 saturated carbocycles. The van der Waals surface area contributed by atoms with Crippen LogP contribution in [0.15, 0.2) is 42.5 Å². The molecule has 1 unspecified atom stereocenters. The fourth-order valence-electron chi connectivity index (χ4n) is 3.59. The molecule has 0 fully saturated rings. The summed E-state index contributed by atoms with van der Waals surface area (Å²) in [4.78, 5) is 49.6. The van der Waals surface area contributed by atoms with Crippen molar-refractivity contribution in [3.63, 3.8) is 0 Å². The van der Waals surface area contributed by atoms with Crippen LogP contribution >= 0.6 is 0 Å². The number of benzene rings is 2. The molecule has 31 heavy (non-hydrogen) atoms. The Kier molecular flexibility index (Phi) is 5.57. The molecule has 2 aliphatic heterocycles. The Balaban J connectivity index is 1.27. The molecule has 9 nitrogen and oxygen atoms in total. The van der Waals surface area contributed by atoms with E-state index in [0.717, 1.165) is 11.3 Å². The number of fused-ring (bicyclic) bond motifs is 2. The van der Waals surface area contributed by atoms with Crippen LogP contribution in [0.4, 0.5) is 17.1 Å². The van der Waals surface area contributed by atoms with Gasteiger partial charge in [-0.05, 0) is 42.3 Å². The fraction of sp³-hybridized carbons (Fsp3) is 0.273. The van der Waals surface area contributed by atoms with E-state index < -0.39 is 30.5 Å². The molecular weight excluding hydrogens is 402 g/mol. The normalized spacial score (nSPS) is 16.5. The number of rotatable bonds is 5. The van der Waals surface area contributed by atoms with Crippen molar-refractivity contribution < 1.29 is 28.7 Å². The fourth-order valence-corrected chi connectivity index (χ4v) is 3.59. The SMILES string of the molecule is CC(=O)N1CCc2cc(NC(=O)COC(=O)CC3Oc4ccccc4NC3=O)ccc21. The second-order valence-electron chi connectivity index (χ2n) is 7.27. The maximum Gasteiger partial charge on any atom is 0.310 e. The van der Waals surface area contributed by atoms with E-state index in [1.807, 2.05) is 0 Å². The zero-order valence-corrected chi connectivity index (χ0v) is 16.8. The number of para-hydroxylation sites is 2. The van der Waals surface area contributed by atoms with Gasteiger partial charge in [-0.2, -0.15) is 0 Å².